The number of hydrogen-bond donors (Lipinski definition) is 0. The number of ether oxygens (including phenoxy) is 2. The molecule has 0 aromatic heterocycles. The van der Waals surface area contributed by atoms with Crippen LogP contribution in [0, 0.1) is 0 Å². The van der Waals surface area contributed by atoms with E-state index in [0.29, 0.717) is 5.57 Å². The van der Waals surface area contributed by atoms with Gasteiger partial charge in [0, 0.05) is 5.57 Å². The lowest BCUT2D eigenvalue weighted by atomic mass is 10.1. The van der Waals surface area contributed by atoms with Crippen molar-refractivity contribution in [2.45, 2.75) is 33.3 Å². The molecule has 0 saturated heterocycles. The minimum Gasteiger partial charge on any atom is -0.497 e. The lowest BCUT2D eigenvalue weighted by Gasteiger charge is -2.19. The largest absolute Gasteiger partial charge is 0.497 e. The van der Waals surface area contributed by atoms with Gasteiger partial charge >= 0.3 is 5.97 Å². The van der Waals surface area contributed by atoms with Crippen LogP contribution in [0.3, 0.4) is 0 Å². The average Bonchev–Trinajstić information content (AvgIpc) is 2.27. The first-order valence-electron chi connectivity index (χ1n) is 5.87. The molecule has 0 amide bonds. The van der Waals surface area contributed by atoms with Gasteiger partial charge in [0.05, 0.1) is 7.11 Å². The molecule has 0 saturated carbocycles. The summed E-state index contributed by atoms with van der Waals surface area (Å²) in [4.78, 5) is 11.8. The van der Waals surface area contributed by atoms with Crippen molar-refractivity contribution in [3.8, 4) is 5.75 Å². The van der Waals surface area contributed by atoms with Crippen LogP contribution < -0.4 is 4.74 Å². The molecule has 0 spiro atoms. The second kappa shape index (κ2) is 5.71. The number of rotatable bonds is 3. The van der Waals surface area contributed by atoms with Crippen LogP contribution in [0.2, 0.25) is 0 Å². The quantitative estimate of drug-likeness (QED) is 0.607. The van der Waals surface area contributed by atoms with Gasteiger partial charge in [-0.15, -0.1) is 0 Å². The van der Waals surface area contributed by atoms with Gasteiger partial charge in [0.1, 0.15) is 11.4 Å². The Morgan fingerprint density at radius 3 is 2.17 bits per heavy atom. The standard InChI is InChI=1S/C15H20O3/c1-11(14(16)18-15(2,3)4)10-12-6-8-13(17-5)9-7-12/h6-10H,1-5H3/b11-10+. The fourth-order valence-electron chi connectivity index (χ4n) is 1.37. The third-order valence-corrected chi connectivity index (χ3v) is 2.22. The minimum atomic E-state index is -0.466. The van der Waals surface area contributed by atoms with Crippen LogP contribution in [0.25, 0.3) is 6.08 Å². The number of hydrogen-bond acceptors (Lipinski definition) is 3. The molecule has 1 aromatic carbocycles. The molecule has 0 aliphatic heterocycles. The molecule has 3 nitrogen and oxygen atoms in total. The van der Waals surface area contributed by atoms with Crippen LogP contribution >= 0.6 is 0 Å². The molecule has 0 aliphatic carbocycles. The Morgan fingerprint density at radius 2 is 1.72 bits per heavy atom. The highest BCUT2D eigenvalue weighted by atomic mass is 16.6. The van der Waals surface area contributed by atoms with Gasteiger partial charge in [-0.2, -0.15) is 0 Å². The monoisotopic (exact) mass is 248 g/mol. The van der Waals surface area contributed by atoms with E-state index in [9.17, 15) is 4.79 Å². The van der Waals surface area contributed by atoms with E-state index in [2.05, 4.69) is 0 Å². The lowest BCUT2D eigenvalue weighted by Crippen LogP contribution is -2.24. The van der Waals surface area contributed by atoms with E-state index >= 15 is 0 Å². The molecule has 3 heteroatoms. The molecule has 0 aliphatic rings. The van der Waals surface area contributed by atoms with Crippen LogP contribution in [0.1, 0.15) is 33.3 Å². The Kier molecular flexibility index (Phi) is 4.54. The van der Waals surface area contributed by atoms with Gasteiger partial charge in [0.25, 0.3) is 0 Å². The van der Waals surface area contributed by atoms with Gasteiger partial charge in [-0.1, -0.05) is 12.1 Å². The first-order chi connectivity index (χ1) is 8.31. The maximum Gasteiger partial charge on any atom is 0.334 e. The molecule has 98 valence electrons. The zero-order valence-corrected chi connectivity index (χ0v) is 11.6. The van der Waals surface area contributed by atoms with E-state index < -0.39 is 5.60 Å². The van der Waals surface area contributed by atoms with Crippen molar-refractivity contribution in [3.63, 3.8) is 0 Å². The van der Waals surface area contributed by atoms with Crippen LogP contribution in [-0.2, 0) is 9.53 Å². The molecule has 1 aromatic rings. The van der Waals surface area contributed by atoms with E-state index in [1.807, 2.05) is 45.0 Å². The van der Waals surface area contributed by atoms with E-state index in [0.717, 1.165) is 11.3 Å². The van der Waals surface area contributed by atoms with Crippen molar-refractivity contribution in [2.75, 3.05) is 7.11 Å². The molecule has 0 atom stereocenters. The smallest absolute Gasteiger partial charge is 0.334 e. The summed E-state index contributed by atoms with van der Waals surface area (Å²) < 4.78 is 10.4. The van der Waals surface area contributed by atoms with Gasteiger partial charge in [-0.25, -0.2) is 4.79 Å². The summed E-state index contributed by atoms with van der Waals surface area (Å²) in [5.74, 6) is 0.500. The third-order valence-electron chi connectivity index (χ3n) is 2.22. The first-order valence-corrected chi connectivity index (χ1v) is 5.87. The summed E-state index contributed by atoms with van der Waals surface area (Å²) in [6, 6.07) is 7.50. The van der Waals surface area contributed by atoms with Crippen LogP contribution in [0.5, 0.6) is 5.75 Å². The van der Waals surface area contributed by atoms with Crippen molar-refractivity contribution >= 4 is 12.0 Å². The predicted molar refractivity (Wildman–Crippen MR) is 72.5 cm³/mol. The Labute approximate surface area is 108 Å². The molecule has 0 fully saturated rings. The van der Waals surface area contributed by atoms with Crippen molar-refractivity contribution in [3.05, 3.63) is 35.4 Å². The van der Waals surface area contributed by atoms with Gasteiger partial charge in [0.15, 0.2) is 0 Å². The topological polar surface area (TPSA) is 35.5 Å². The zero-order chi connectivity index (χ0) is 13.8. The number of carbonyl (C=O) groups is 1. The highest BCUT2D eigenvalue weighted by molar-refractivity contribution is 5.93. The van der Waals surface area contributed by atoms with E-state index in [-0.39, 0.29) is 5.97 Å². The molecule has 0 N–H and O–H groups in total. The summed E-state index contributed by atoms with van der Waals surface area (Å²) in [7, 11) is 1.62. The van der Waals surface area contributed by atoms with Crippen molar-refractivity contribution in [2.24, 2.45) is 0 Å². The number of benzene rings is 1. The molecule has 0 radical (unpaired) electrons. The summed E-state index contributed by atoms with van der Waals surface area (Å²) in [5, 5.41) is 0. The maximum atomic E-state index is 11.8. The van der Waals surface area contributed by atoms with E-state index in [1.165, 1.54) is 0 Å². The van der Waals surface area contributed by atoms with Crippen LogP contribution in [0.4, 0.5) is 0 Å². The Hall–Kier alpha value is -1.77. The fraction of sp³-hybridized carbons (Fsp3) is 0.400. The van der Waals surface area contributed by atoms with E-state index in [1.54, 1.807) is 20.1 Å². The maximum absolute atomic E-state index is 11.8. The van der Waals surface area contributed by atoms with Crippen molar-refractivity contribution < 1.29 is 14.3 Å². The molecular formula is C15H20O3. The van der Waals surface area contributed by atoms with E-state index in [4.69, 9.17) is 9.47 Å². The summed E-state index contributed by atoms with van der Waals surface area (Å²) >= 11 is 0. The minimum absolute atomic E-state index is 0.293. The molecule has 18 heavy (non-hydrogen) atoms. The molecule has 0 heterocycles. The SMILES string of the molecule is COc1ccc(/C=C(\C)C(=O)OC(C)(C)C)cc1. The normalized spacial score (nSPS) is 12.2. The van der Waals surface area contributed by atoms with Gasteiger partial charge < -0.3 is 9.47 Å². The van der Waals surface area contributed by atoms with Crippen LogP contribution in [0.15, 0.2) is 29.8 Å². The van der Waals surface area contributed by atoms with Gasteiger partial charge in [-0.3, -0.25) is 0 Å². The molecular weight excluding hydrogens is 228 g/mol. The number of methoxy groups -OCH3 is 1. The van der Waals surface area contributed by atoms with Crippen LogP contribution in [-0.4, -0.2) is 18.7 Å². The second-order valence-corrected chi connectivity index (χ2v) is 5.10. The Balaban J connectivity index is 2.78. The average molecular weight is 248 g/mol. The number of carbonyl (C=O) groups excluding carboxylic acids is 1. The summed E-state index contributed by atoms with van der Waals surface area (Å²) in [6.07, 6.45) is 1.80. The zero-order valence-electron chi connectivity index (χ0n) is 11.6. The summed E-state index contributed by atoms with van der Waals surface area (Å²) in [6.45, 7) is 7.31. The Morgan fingerprint density at radius 1 is 1.17 bits per heavy atom. The number of esters is 1. The van der Waals surface area contributed by atoms with Crippen molar-refractivity contribution in [1.29, 1.82) is 0 Å². The third kappa shape index (κ3) is 4.62. The molecule has 1 rings (SSSR count). The first kappa shape index (κ1) is 14.3. The predicted octanol–water partition coefficient (Wildman–Crippen LogP) is 3.44. The van der Waals surface area contributed by atoms with Gasteiger partial charge in [-0.05, 0) is 51.5 Å². The lowest BCUT2D eigenvalue weighted by molar-refractivity contribution is -0.149. The molecule has 0 bridgehead atoms. The highest BCUT2D eigenvalue weighted by Gasteiger charge is 2.17. The van der Waals surface area contributed by atoms with Crippen molar-refractivity contribution in [1.82, 2.24) is 0 Å². The summed E-state index contributed by atoms with van der Waals surface area (Å²) in [5.41, 5.74) is 1.06. The van der Waals surface area contributed by atoms with Gasteiger partial charge in [0.2, 0.25) is 0 Å². The second-order valence-electron chi connectivity index (χ2n) is 5.10. The Bertz CT molecular complexity index is 436. The highest BCUT2D eigenvalue weighted by Crippen LogP contribution is 2.16. The molecule has 0 unspecified atom stereocenters. The fourth-order valence-corrected chi connectivity index (χ4v) is 1.37.